The number of aryl methyl sites for hydroxylation is 1. The number of hydrazone groups is 1. The Kier molecular flexibility index (Phi) is 6.80. The number of hydrogen-bond acceptors (Lipinski definition) is 4. The first-order chi connectivity index (χ1) is 14.0. The smallest absolute Gasteiger partial charge is 0.345 e. The fourth-order valence-corrected chi connectivity index (χ4v) is 3.13. The van der Waals surface area contributed by atoms with Gasteiger partial charge < -0.3 is 4.74 Å². The Bertz CT molecular complexity index is 1100. The standard InChI is InChI=1S/C22H16BrClN2O3/c1-14-6-2-3-7-17(14)21(27)26-25-13-15-12-16(23)10-11-20(15)29-22(28)18-8-4-5-9-19(18)24/h2-13H,1H3,(H,26,27)/b25-13-. The van der Waals surface area contributed by atoms with Crippen LogP contribution in [0.3, 0.4) is 0 Å². The van der Waals surface area contributed by atoms with Crippen LogP contribution in [-0.2, 0) is 0 Å². The van der Waals surface area contributed by atoms with Gasteiger partial charge in [-0.2, -0.15) is 5.10 Å². The summed E-state index contributed by atoms with van der Waals surface area (Å²) in [5, 5.41) is 4.30. The molecule has 0 fully saturated rings. The highest BCUT2D eigenvalue weighted by Gasteiger charge is 2.14. The summed E-state index contributed by atoms with van der Waals surface area (Å²) in [5.74, 6) is -0.632. The van der Waals surface area contributed by atoms with E-state index < -0.39 is 5.97 Å². The molecule has 5 nitrogen and oxygen atoms in total. The largest absolute Gasteiger partial charge is 0.422 e. The van der Waals surface area contributed by atoms with Crippen molar-refractivity contribution >= 4 is 45.6 Å². The van der Waals surface area contributed by atoms with Crippen LogP contribution in [0.25, 0.3) is 0 Å². The number of rotatable bonds is 5. The Morgan fingerprint density at radius 1 is 1.03 bits per heavy atom. The van der Waals surface area contributed by atoms with Gasteiger partial charge in [0.05, 0.1) is 16.8 Å². The van der Waals surface area contributed by atoms with Gasteiger partial charge in [0, 0.05) is 15.6 Å². The summed E-state index contributed by atoms with van der Waals surface area (Å²) in [6, 6.07) is 18.9. The minimum Gasteiger partial charge on any atom is -0.422 e. The van der Waals surface area contributed by atoms with Gasteiger partial charge in [-0.1, -0.05) is 57.9 Å². The second-order valence-corrected chi connectivity index (χ2v) is 7.39. The van der Waals surface area contributed by atoms with Gasteiger partial charge >= 0.3 is 5.97 Å². The van der Waals surface area contributed by atoms with Gasteiger partial charge in [0.25, 0.3) is 5.91 Å². The molecule has 0 spiro atoms. The fourth-order valence-electron chi connectivity index (χ4n) is 2.54. The SMILES string of the molecule is Cc1ccccc1C(=O)N/N=C\c1cc(Br)ccc1OC(=O)c1ccccc1Cl. The molecule has 0 aliphatic heterocycles. The number of nitrogens with one attached hydrogen (secondary N) is 1. The van der Waals surface area contributed by atoms with E-state index in [0.29, 0.717) is 16.1 Å². The molecule has 1 amide bonds. The van der Waals surface area contributed by atoms with Crippen LogP contribution in [-0.4, -0.2) is 18.1 Å². The van der Waals surface area contributed by atoms with Crippen molar-refractivity contribution in [3.05, 3.63) is 98.5 Å². The van der Waals surface area contributed by atoms with E-state index in [1.807, 2.05) is 19.1 Å². The van der Waals surface area contributed by atoms with Crippen LogP contribution >= 0.6 is 27.5 Å². The van der Waals surface area contributed by atoms with Gasteiger partial charge in [0.15, 0.2) is 0 Å². The summed E-state index contributed by atoms with van der Waals surface area (Å²) in [6.45, 7) is 1.85. The number of carbonyl (C=O) groups excluding carboxylic acids is 2. The molecule has 146 valence electrons. The van der Waals surface area contributed by atoms with Gasteiger partial charge in [0.1, 0.15) is 5.75 Å². The average molecular weight is 472 g/mol. The summed E-state index contributed by atoms with van der Waals surface area (Å²) in [5.41, 5.74) is 4.62. The number of amides is 1. The molecule has 3 rings (SSSR count). The van der Waals surface area contributed by atoms with E-state index in [1.54, 1.807) is 54.6 Å². The number of ether oxygens (including phenoxy) is 1. The minimum atomic E-state index is -0.587. The summed E-state index contributed by atoms with van der Waals surface area (Å²) < 4.78 is 6.25. The number of benzene rings is 3. The molecule has 0 aromatic heterocycles. The molecule has 0 heterocycles. The Labute approximate surface area is 181 Å². The molecule has 0 bridgehead atoms. The average Bonchev–Trinajstić information content (AvgIpc) is 2.70. The molecule has 0 saturated heterocycles. The van der Waals surface area contributed by atoms with Crippen LogP contribution < -0.4 is 10.2 Å². The van der Waals surface area contributed by atoms with Gasteiger partial charge in [-0.15, -0.1) is 0 Å². The monoisotopic (exact) mass is 470 g/mol. The predicted molar refractivity (Wildman–Crippen MR) is 117 cm³/mol. The first-order valence-electron chi connectivity index (χ1n) is 8.61. The summed E-state index contributed by atoms with van der Waals surface area (Å²) in [7, 11) is 0. The zero-order valence-electron chi connectivity index (χ0n) is 15.4. The topological polar surface area (TPSA) is 67.8 Å². The number of nitrogens with zero attached hydrogens (tertiary/aromatic N) is 1. The number of carbonyl (C=O) groups is 2. The molecule has 0 atom stereocenters. The molecule has 0 saturated carbocycles. The molecule has 0 unspecified atom stereocenters. The first-order valence-corrected chi connectivity index (χ1v) is 9.78. The second kappa shape index (κ2) is 9.49. The van der Waals surface area contributed by atoms with E-state index in [0.717, 1.165) is 10.0 Å². The normalized spacial score (nSPS) is 10.7. The third kappa shape index (κ3) is 5.31. The highest BCUT2D eigenvalue weighted by Crippen LogP contribution is 2.24. The third-order valence-electron chi connectivity index (χ3n) is 4.03. The zero-order valence-corrected chi connectivity index (χ0v) is 17.7. The maximum atomic E-state index is 12.4. The molecule has 3 aromatic carbocycles. The Morgan fingerprint density at radius 2 is 1.72 bits per heavy atom. The van der Waals surface area contributed by atoms with E-state index >= 15 is 0 Å². The van der Waals surface area contributed by atoms with Gasteiger partial charge in [-0.3, -0.25) is 4.79 Å². The zero-order chi connectivity index (χ0) is 20.8. The Balaban J connectivity index is 1.77. The molecule has 0 aliphatic carbocycles. The predicted octanol–water partition coefficient (Wildman–Crippen LogP) is 5.39. The second-order valence-electron chi connectivity index (χ2n) is 6.07. The van der Waals surface area contributed by atoms with Crippen molar-refractivity contribution in [1.82, 2.24) is 5.43 Å². The lowest BCUT2D eigenvalue weighted by atomic mass is 10.1. The lowest BCUT2D eigenvalue weighted by Gasteiger charge is -2.09. The van der Waals surface area contributed by atoms with Crippen molar-refractivity contribution < 1.29 is 14.3 Å². The first kappa shape index (κ1) is 20.8. The summed E-state index contributed by atoms with van der Waals surface area (Å²) in [6.07, 6.45) is 1.41. The van der Waals surface area contributed by atoms with Crippen LogP contribution in [0.15, 0.2) is 76.3 Å². The fraction of sp³-hybridized carbons (Fsp3) is 0.0455. The molecular weight excluding hydrogens is 456 g/mol. The Hall–Kier alpha value is -2.96. The highest BCUT2D eigenvalue weighted by molar-refractivity contribution is 9.10. The van der Waals surface area contributed by atoms with E-state index in [2.05, 4.69) is 26.5 Å². The quantitative estimate of drug-likeness (QED) is 0.235. The molecule has 7 heteroatoms. The van der Waals surface area contributed by atoms with Crippen molar-refractivity contribution in [2.24, 2.45) is 5.10 Å². The van der Waals surface area contributed by atoms with E-state index in [9.17, 15) is 9.59 Å². The van der Waals surface area contributed by atoms with E-state index in [-0.39, 0.29) is 17.2 Å². The maximum absolute atomic E-state index is 12.4. The van der Waals surface area contributed by atoms with E-state index in [4.69, 9.17) is 16.3 Å². The third-order valence-corrected chi connectivity index (χ3v) is 4.85. The van der Waals surface area contributed by atoms with Gasteiger partial charge in [-0.05, 0) is 48.9 Å². The van der Waals surface area contributed by atoms with Crippen molar-refractivity contribution in [2.45, 2.75) is 6.92 Å². The number of esters is 1. The van der Waals surface area contributed by atoms with Crippen molar-refractivity contribution in [2.75, 3.05) is 0 Å². The lowest BCUT2D eigenvalue weighted by molar-refractivity contribution is 0.0734. The highest BCUT2D eigenvalue weighted by atomic mass is 79.9. The van der Waals surface area contributed by atoms with Crippen molar-refractivity contribution in [3.8, 4) is 5.75 Å². The van der Waals surface area contributed by atoms with Crippen LogP contribution in [0.5, 0.6) is 5.75 Å². The van der Waals surface area contributed by atoms with E-state index in [1.165, 1.54) is 6.21 Å². The Morgan fingerprint density at radius 3 is 2.45 bits per heavy atom. The van der Waals surface area contributed by atoms with Crippen LogP contribution in [0.1, 0.15) is 31.8 Å². The lowest BCUT2D eigenvalue weighted by Crippen LogP contribution is -2.18. The summed E-state index contributed by atoms with van der Waals surface area (Å²) >= 11 is 9.43. The van der Waals surface area contributed by atoms with Crippen LogP contribution in [0, 0.1) is 6.92 Å². The minimum absolute atomic E-state index is 0.257. The van der Waals surface area contributed by atoms with Crippen molar-refractivity contribution in [3.63, 3.8) is 0 Å². The molecule has 0 aliphatic rings. The molecule has 0 radical (unpaired) electrons. The summed E-state index contributed by atoms with van der Waals surface area (Å²) in [4.78, 5) is 24.7. The molecule has 29 heavy (non-hydrogen) atoms. The van der Waals surface area contributed by atoms with Gasteiger partial charge in [-0.25, -0.2) is 10.2 Å². The van der Waals surface area contributed by atoms with Crippen molar-refractivity contribution in [1.29, 1.82) is 0 Å². The molecule has 1 N–H and O–H groups in total. The maximum Gasteiger partial charge on any atom is 0.345 e. The van der Waals surface area contributed by atoms with Gasteiger partial charge in [0.2, 0.25) is 0 Å². The van der Waals surface area contributed by atoms with Crippen LogP contribution in [0.2, 0.25) is 5.02 Å². The van der Waals surface area contributed by atoms with Crippen LogP contribution in [0.4, 0.5) is 0 Å². The molecule has 3 aromatic rings. The number of halogens is 2. The molecular formula is C22H16BrClN2O3. The number of hydrogen-bond donors (Lipinski definition) is 1.